The van der Waals surface area contributed by atoms with Crippen LogP contribution in [0.1, 0.15) is 24.8 Å². The molecule has 1 aliphatic rings. The van der Waals surface area contributed by atoms with E-state index >= 15 is 0 Å². The molecule has 0 aromatic heterocycles. The fourth-order valence-electron chi connectivity index (χ4n) is 2.16. The molecule has 0 bridgehead atoms. The Morgan fingerprint density at radius 1 is 1.41 bits per heavy atom. The van der Waals surface area contributed by atoms with Gasteiger partial charge in [0.15, 0.2) is 0 Å². The molecule has 1 aliphatic heterocycles. The van der Waals surface area contributed by atoms with Crippen molar-refractivity contribution in [1.29, 1.82) is 0 Å². The summed E-state index contributed by atoms with van der Waals surface area (Å²) in [5.74, 6) is 0.138. The zero-order valence-corrected chi connectivity index (χ0v) is 10.2. The van der Waals surface area contributed by atoms with Crippen LogP contribution in [0, 0.1) is 0 Å². The maximum Gasteiger partial charge on any atom is 0.207 e. The highest BCUT2D eigenvalue weighted by Crippen LogP contribution is 2.36. The molecule has 92 valence electrons. The van der Waals surface area contributed by atoms with Gasteiger partial charge in [-0.3, -0.25) is 0 Å². The first-order valence-electron chi connectivity index (χ1n) is 5.77. The third-order valence-electron chi connectivity index (χ3n) is 3.14. The van der Waals surface area contributed by atoms with Crippen molar-refractivity contribution in [3.63, 3.8) is 0 Å². The van der Waals surface area contributed by atoms with Crippen molar-refractivity contribution >= 4 is 0 Å². The predicted octanol–water partition coefficient (Wildman–Crippen LogP) is 2.43. The summed E-state index contributed by atoms with van der Waals surface area (Å²) in [5, 5.41) is 9.23. The molecule has 0 radical (unpaired) electrons. The van der Waals surface area contributed by atoms with Crippen LogP contribution in [0.15, 0.2) is 42.2 Å². The Labute approximate surface area is 102 Å². The lowest BCUT2D eigenvalue weighted by molar-refractivity contribution is -0.201. The Bertz CT molecular complexity index is 399. The fourth-order valence-corrected chi connectivity index (χ4v) is 2.16. The van der Waals surface area contributed by atoms with Gasteiger partial charge in [-0.25, -0.2) is 0 Å². The van der Waals surface area contributed by atoms with Crippen LogP contribution < -0.4 is 0 Å². The van der Waals surface area contributed by atoms with Gasteiger partial charge in [0.2, 0.25) is 5.79 Å². The summed E-state index contributed by atoms with van der Waals surface area (Å²) < 4.78 is 11.0. The summed E-state index contributed by atoms with van der Waals surface area (Å²) in [4.78, 5) is 0. The second-order valence-electron chi connectivity index (χ2n) is 4.45. The second-order valence-corrected chi connectivity index (χ2v) is 4.45. The summed E-state index contributed by atoms with van der Waals surface area (Å²) in [6.45, 7) is 1.80. The zero-order valence-electron chi connectivity index (χ0n) is 10.2. The largest absolute Gasteiger partial charge is 0.465 e. The van der Waals surface area contributed by atoms with Crippen LogP contribution in [-0.2, 0) is 9.47 Å². The number of allylic oxidation sites excluding steroid dienone is 1. The minimum atomic E-state index is -0.659. The monoisotopic (exact) mass is 234 g/mol. The maximum absolute atomic E-state index is 9.23. The van der Waals surface area contributed by atoms with E-state index in [1.165, 1.54) is 5.56 Å². The Morgan fingerprint density at radius 2 is 2.12 bits per heavy atom. The van der Waals surface area contributed by atoms with Crippen LogP contribution in [0.25, 0.3) is 0 Å². The van der Waals surface area contributed by atoms with Gasteiger partial charge < -0.3 is 14.6 Å². The molecular formula is C14H18O3. The predicted molar refractivity (Wildman–Crippen MR) is 65.5 cm³/mol. The summed E-state index contributed by atoms with van der Waals surface area (Å²) in [5.41, 5.74) is 1.21. The number of aliphatic hydroxyl groups is 1. The Balaban J connectivity index is 2.28. The number of benzene rings is 1. The van der Waals surface area contributed by atoms with Crippen molar-refractivity contribution in [3.8, 4) is 0 Å². The lowest BCUT2D eigenvalue weighted by Gasteiger charge is -2.36. The van der Waals surface area contributed by atoms with Gasteiger partial charge in [-0.15, -0.1) is 0 Å². The summed E-state index contributed by atoms with van der Waals surface area (Å²) in [6, 6.07) is 10.2. The molecule has 0 saturated carbocycles. The topological polar surface area (TPSA) is 38.7 Å². The summed E-state index contributed by atoms with van der Waals surface area (Å²) >= 11 is 0. The number of ether oxygens (including phenoxy) is 2. The normalized spacial score (nSPS) is 28.4. The van der Waals surface area contributed by atoms with E-state index in [-0.39, 0.29) is 12.5 Å². The van der Waals surface area contributed by atoms with Crippen molar-refractivity contribution in [3.05, 3.63) is 47.7 Å². The highest BCUT2D eigenvalue weighted by molar-refractivity contribution is 5.26. The standard InChI is InChI=1S/C14H18O3/c1-14(16-2)9-12(8-13(10-15)17-14)11-6-4-3-5-7-11/h3-8,12,15H,9-10H2,1-2H3/t12-,14-/m0/s1. The maximum atomic E-state index is 9.23. The molecule has 0 saturated heterocycles. The first kappa shape index (κ1) is 12.1. The van der Waals surface area contributed by atoms with Crippen molar-refractivity contribution in [2.75, 3.05) is 13.7 Å². The van der Waals surface area contributed by atoms with E-state index in [1.54, 1.807) is 7.11 Å². The van der Waals surface area contributed by atoms with Crippen molar-refractivity contribution in [1.82, 2.24) is 0 Å². The van der Waals surface area contributed by atoms with Gasteiger partial charge in [-0.05, 0) is 11.6 Å². The van der Waals surface area contributed by atoms with Crippen LogP contribution in [-0.4, -0.2) is 24.6 Å². The SMILES string of the molecule is CO[C@]1(C)C[C@@H](c2ccccc2)C=C(CO)O1. The van der Waals surface area contributed by atoms with Crippen LogP contribution in [0.4, 0.5) is 0 Å². The molecule has 1 aromatic carbocycles. The van der Waals surface area contributed by atoms with Gasteiger partial charge in [0.1, 0.15) is 12.4 Å². The minimum absolute atomic E-state index is 0.0950. The second kappa shape index (κ2) is 4.90. The molecular weight excluding hydrogens is 216 g/mol. The van der Waals surface area contributed by atoms with E-state index in [4.69, 9.17) is 9.47 Å². The molecule has 1 N–H and O–H groups in total. The van der Waals surface area contributed by atoms with Crippen molar-refractivity contribution in [2.45, 2.75) is 25.0 Å². The smallest absolute Gasteiger partial charge is 0.207 e. The number of methoxy groups -OCH3 is 1. The molecule has 2 rings (SSSR count). The third-order valence-corrected chi connectivity index (χ3v) is 3.14. The van der Waals surface area contributed by atoms with Gasteiger partial charge in [0.25, 0.3) is 0 Å². The quantitative estimate of drug-likeness (QED) is 0.873. The molecule has 1 heterocycles. The van der Waals surface area contributed by atoms with Crippen molar-refractivity contribution < 1.29 is 14.6 Å². The molecule has 0 unspecified atom stereocenters. The molecule has 0 fully saturated rings. The van der Waals surface area contributed by atoms with E-state index in [0.717, 1.165) is 6.42 Å². The van der Waals surface area contributed by atoms with Crippen LogP contribution in [0.2, 0.25) is 0 Å². The average Bonchev–Trinajstić information content (AvgIpc) is 2.39. The van der Waals surface area contributed by atoms with Gasteiger partial charge >= 0.3 is 0 Å². The first-order valence-corrected chi connectivity index (χ1v) is 5.77. The summed E-state index contributed by atoms with van der Waals surface area (Å²) in [7, 11) is 1.63. The van der Waals surface area contributed by atoms with Gasteiger partial charge in [-0.1, -0.05) is 30.3 Å². The average molecular weight is 234 g/mol. The first-order chi connectivity index (χ1) is 8.17. The highest BCUT2D eigenvalue weighted by Gasteiger charge is 2.34. The highest BCUT2D eigenvalue weighted by atomic mass is 16.7. The molecule has 2 atom stereocenters. The Kier molecular flexibility index (Phi) is 3.50. The third kappa shape index (κ3) is 2.68. The Morgan fingerprint density at radius 3 is 2.71 bits per heavy atom. The Hall–Kier alpha value is -1.32. The number of hydrogen-bond donors (Lipinski definition) is 1. The van der Waals surface area contributed by atoms with Crippen LogP contribution in [0.5, 0.6) is 0 Å². The fraction of sp³-hybridized carbons (Fsp3) is 0.429. The van der Waals surface area contributed by atoms with E-state index < -0.39 is 5.79 Å². The van der Waals surface area contributed by atoms with Gasteiger partial charge in [-0.2, -0.15) is 0 Å². The number of hydrogen-bond acceptors (Lipinski definition) is 3. The molecule has 0 aliphatic carbocycles. The van der Waals surface area contributed by atoms with Crippen LogP contribution >= 0.6 is 0 Å². The molecule has 17 heavy (non-hydrogen) atoms. The van der Waals surface area contributed by atoms with E-state index in [9.17, 15) is 5.11 Å². The van der Waals surface area contributed by atoms with Gasteiger partial charge in [0, 0.05) is 26.4 Å². The molecule has 3 heteroatoms. The molecule has 0 amide bonds. The van der Waals surface area contributed by atoms with E-state index in [2.05, 4.69) is 12.1 Å². The number of aliphatic hydroxyl groups excluding tert-OH is 1. The van der Waals surface area contributed by atoms with Gasteiger partial charge in [0.05, 0.1) is 0 Å². The van der Waals surface area contributed by atoms with Crippen molar-refractivity contribution in [2.24, 2.45) is 0 Å². The lowest BCUT2D eigenvalue weighted by atomic mass is 9.89. The lowest BCUT2D eigenvalue weighted by Crippen LogP contribution is -2.36. The molecule has 1 aromatic rings. The van der Waals surface area contributed by atoms with E-state index in [0.29, 0.717) is 5.76 Å². The van der Waals surface area contributed by atoms with E-state index in [1.807, 2.05) is 31.2 Å². The minimum Gasteiger partial charge on any atom is -0.465 e. The van der Waals surface area contributed by atoms with Crippen LogP contribution in [0.3, 0.4) is 0 Å². The molecule has 0 spiro atoms. The molecule has 3 nitrogen and oxygen atoms in total. The number of rotatable bonds is 3. The summed E-state index contributed by atoms with van der Waals surface area (Å²) in [6.07, 6.45) is 2.72. The zero-order chi connectivity index (χ0) is 12.3.